The van der Waals surface area contributed by atoms with E-state index in [0.717, 1.165) is 22.6 Å². The van der Waals surface area contributed by atoms with Crippen LogP contribution in [0.2, 0.25) is 0 Å². The Morgan fingerprint density at radius 1 is 0.211 bits per heavy atom. The summed E-state index contributed by atoms with van der Waals surface area (Å²) in [6.45, 7) is 0. The number of benzene rings is 13. The molecule has 0 N–H and O–H groups in total. The fraction of sp³-hybridized carbons (Fsp3) is 0. The minimum Gasteiger partial charge on any atom is -0.310 e. The normalized spacial score (nSPS) is 11.4. The highest BCUT2D eigenvalue weighted by molar-refractivity contribution is 7.19. The van der Waals surface area contributed by atoms with Gasteiger partial charge in [-0.3, -0.25) is 0 Å². The Morgan fingerprint density at radius 3 is 1.05 bits per heavy atom. The fourth-order valence-electron chi connectivity index (χ4n) is 11.9. The van der Waals surface area contributed by atoms with Crippen molar-refractivity contribution in [3.05, 3.63) is 322 Å². The summed E-state index contributed by atoms with van der Waals surface area (Å²) in [4.78, 5) is 2.43. The van der Waals surface area contributed by atoms with Crippen LogP contribution in [-0.2, 0) is 0 Å². The standard InChI is InChI=1S/C74H53NSi/c1-9-27-54(28-10-1)71-68-52-47-58(53-69(68)72(55-29-11-2-12-30-55)74(57-33-15-4-16-34-57)73(71)56-31-13-3-14-32-56)65-43-25-45-67-66(65)44-26-46-70(67)75(59-35-17-5-18-36-59)60-48-50-64(51-49-60)76(61-37-19-6-20-38-61,62-39-21-7-22-40-62)63-41-23-8-24-42-63/h1-53H. The van der Waals surface area contributed by atoms with Crippen LogP contribution < -0.4 is 25.6 Å². The second-order valence-corrected chi connectivity index (χ2v) is 23.3. The molecule has 0 saturated heterocycles. The summed E-state index contributed by atoms with van der Waals surface area (Å²) >= 11 is 0. The van der Waals surface area contributed by atoms with Gasteiger partial charge < -0.3 is 4.90 Å². The molecule has 13 aromatic carbocycles. The highest BCUT2D eigenvalue weighted by Crippen LogP contribution is 2.52. The van der Waals surface area contributed by atoms with Crippen LogP contribution in [0.15, 0.2) is 322 Å². The van der Waals surface area contributed by atoms with E-state index in [0.29, 0.717) is 0 Å². The van der Waals surface area contributed by atoms with E-state index in [1.165, 1.54) is 92.4 Å². The first-order valence-electron chi connectivity index (χ1n) is 26.3. The third-order valence-corrected chi connectivity index (χ3v) is 20.0. The first-order chi connectivity index (χ1) is 37.8. The van der Waals surface area contributed by atoms with Gasteiger partial charge in [0.25, 0.3) is 0 Å². The van der Waals surface area contributed by atoms with Gasteiger partial charge in [-0.25, -0.2) is 0 Å². The summed E-state index contributed by atoms with van der Waals surface area (Å²) in [5.74, 6) is 0. The quantitative estimate of drug-likeness (QED) is 0.0871. The summed E-state index contributed by atoms with van der Waals surface area (Å²) in [7, 11) is -2.74. The Hall–Kier alpha value is -9.60. The molecule has 13 rings (SSSR count). The van der Waals surface area contributed by atoms with Crippen molar-refractivity contribution in [1.29, 1.82) is 0 Å². The van der Waals surface area contributed by atoms with E-state index in [1.54, 1.807) is 0 Å². The van der Waals surface area contributed by atoms with Crippen LogP contribution in [0.4, 0.5) is 17.1 Å². The zero-order valence-electron chi connectivity index (χ0n) is 42.0. The van der Waals surface area contributed by atoms with Crippen molar-refractivity contribution in [3.8, 4) is 55.6 Å². The minimum absolute atomic E-state index is 1.10. The molecule has 0 radical (unpaired) electrons. The third-order valence-electron chi connectivity index (χ3n) is 15.2. The summed E-state index contributed by atoms with van der Waals surface area (Å²) < 4.78 is 0. The predicted octanol–water partition coefficient (Wildman–Crippen LogP) is 17.2. The largest absolute Gasteiger partial charge is 0.310 e. The molecule has 0 aliphatic rings. The van der Waals surface area contributed by atoms with E-state index in [1.807, 2.05) is 0 Å². The van der Waals surface area contributed by atoms with E-state index >= 15 is 0 Å². The number of rotatable bonds is 12. The van der Waals surface area contributed by atoms with Crippen LogP contribution >= 0.6 is 0 Å². The number of hydrogen-bond donors (Lipinski definition) is 0. The van der Waals surface area contributed by atoms with Crippen molar-refractivity contribution < 1.29 is 0 Å². The first kappa shape index (κ1) is 46.2. The fourth-order valence-corrected chi connectivity index (χ4v) is 16.7. The van der Waals surface area contributed by atoms with E-state index in [4.69, 9.17) is 0 Å². The molecule has 0 saturated carbocycles. The molecule has 0 fully saturated rings. The van der Waals surface area contributed by atoms with E-state index < -0.39 is 8.07 Å². The molecule has 0 atom stereocenters. The molecule has 76 heavy (non-hydrogen) atoms. The predicted molar refractivity (Wildman–Crippen MR) is 327 cm³/mol. The average Bonchev–Trinajstić information content (AvgIpc) is 3.60. The lowest BCUT2D eigenvalue weighted by molar-refractivity contribution is 1.30. The van der Waals surface area contributed by atoms with Gasteiger partial charge in [-0.2, -0.15) is 0 Å². The molecule has 0 unspecified atom stereocenters. The number of hydrogen-bond acceptors (Lipinski definition) is 1. The Balaban J connectivity index is 1.02. The highest BCUT2D eigenvalue weighted by atomic mass is 28.3. The molecule has 0 amide bonds. The lowest BCUT2D eigenvalue weighted by Crippen LogP contribution is -2.74. The molecule has 0 aliphatic heterocycles. The van der Waals surface area contributed by atoms with Crippen molar-refractivity contribution in [1.82, 2.24) is 0 Å². The van der Waals surface area contributed by atoms with Gasteiger partial charge in [0.1, 0.15) is 0 Å². The highest BCUT2D eigenvalue weighted by Gasteiger charge is 2.41. The van der Waals surface area contributed by atoms with E-state index in [9.17, 15) is 0 Å². The molecule has 0 aromatic heterocycles. The van der Waals surface area contributed by atoms with Crippen LogP contribution in [-0.4, -0.2) is 8.07 Å². The average molecular weight is 984 g/mol. The van der Waals surface area contributed by atoms with Gasteiger partial charge in [-0.15, -0.1) is 0 Å². The number of anilines is 3. The van der Waals surface area contributed by atoms with Gasteiger partial charge in [-0.05, 0) is 129 Å². The van der Waals surface area contributed by atoms with Gasteiger partial charge in [-0.1, -0.05) is 285 Å². The van der Waals surface area contributed by atoms with Crippen LogP contribution in [0.5, 0.6) is 0 Å². The van der Waals surface area contributed by atoms with Crippen LogP contribution in [0, 0.1) is 0 Å². The van der Waals surface area contributed by atoms with Gasteiger partial charge >= 0.3 is 0 Å². The Labute approximate surface area is 447 Å². The molecule has 1 nitrogen and oxygen atoms in total. The lowest BCUT2D eigenvalue weighted by atomic mass is 9.78. The second kappa shape index (κ2) is 20.4. The lowest BCUT2D eigenvalue weighted by Gasteiger charge is -2.35. The Kier molecular flexibility index (Phi) is 12.4. The topological polar surface area (TPSA) is 3.24 Å². The van der Waals surface area contributed by atoms with Crippen molar-refractivity contribution in [3.63, 3.8) is 0 Å². The first-order valence-corrected chi connectivity index (χ1v) is 28.3. The van der Waals surface area contributed by atoms with E-state index in [-0.39, 0.29) is 0 Å². The van der Waals surface area contributed by atoms with Crippen molar-refractivity contribution in [2.75, 3.05) is 4.90 Å². The molecule has 0 aliphatic carbocycles. The zero-order chi connectivity index (χ0) is 50.7. The Morgan fingerprint density at radius 2 is 0.579 bits per heavy atom. The van der Waals surface area contributed by atoms with Crippen molar-refractivity contribution >= 4 is 67.4 Å². The molecular weight excluding hydrogens is 931 g/mol. The number of nitrogens with zero attached hydrogens (tertiary/aromatic N) is 1. The summed E-state index contributed by atoms with van der Waals surface area (Å²) in [5, 5.41) is 10.2. The molecule has 358 valence electrons. The molecule has 0 heterocycles. The smallest absolute Gasteiger partial charge is 0.179 e. The summed E-state index contributed by atoms with van der Waals surface area (Å²) in [5.41, 5.74) is 15.3. The molecule has 0 spiro atoms. The molecule has 0 bridgehead atoms. The zero-order valence-corrected chi connectivity index (χ0v) is 43.0. The summed E-state index contributed by atoms with van der Waals surface area (Å²) in [6.07, 6.45) is 0. The van der Waals surface area contributed by atoms with Gasteiger partial charge in [0.05, 0.1) is 5.69 Å². The van der Waals surface area contributed by atoms with Crippen LogP contribution in [0.1, 0.15) is 0 Å². The molecular formula is C74H53NSi. The van der Waals surface area contributed by atoms with Gasteiger partial charge in [0.15, 0.2) is 8.07 Å². The maximum atomic E-state index is 2.46. The summed E-state index contributed by atoms with van der Waals surface area (Å²) in [6, 6.07) is 118. The maximum Gasteiger partial charge on any atom is 0.179 e. The van der Waals surface area contributed by atoms with Gasteiger partial charge in [0.2, 0.25) is 0 Å². The van der Waals surface area contributed by atoms with E-state index in [2.05, 4.69) is 326 Å². The monoisotopic (exact) mass is 983 g/mol. The third kappa shape index (κ3) is 8.22. The Bertz CT molecular complexity index is 4000. The number of fused-ring (bicyclic) bond motifs is 2. The van der Waals surface area contributed by atoms with Gasteiger partial charge in [0, 0.05) is 16.8 Å². The van der Waals surface area contributed by atoms with Crippen LogP contribution in [0.25, 0.3) is 77.2 Å². The van der Waals surface area contributed by atoms with Crippen LogP contribution in [0.3, 0.4) is 0 Å². The SMILES string of the molecule is c1ccc(-c2c(-c3ccccc3)c(-c3ccccc3)c3cc(-c4cccc5c(N(c6ccccc6)c6ccc([Si](c7ccccc7)(c7ccccc7)c7ccccc7)cc6)cccc45)ccc3c2-c2ccccc2)cc1. The van der Waals surface area contributed by atoms with Crippen molar-refractivity contribution in [2.45, 2.75) is 0 Å². The van der Waals surface area contributed by atoms with Crippen molar-refractivity contribution in [2.24, 2.45) is 0 Å². The second-order valence-electron chi connectivity index (χ2n) is 19.5. The maximum absolute atomic E-state index is 2.74. The minimum atomic E-state index is -2.74. The number of para-hydroxylation sites is 1. The molecule has 13 aromatic rings. The molecule has 2 heteroatoms.